The Kier molecular flexibility index (Phi) is 2.79. The van der Waals surface area contributed by atoms with E-state index in [9.17, 15) is 0 Å². The maximum Gasteiger partial charge on any atom is 0.322 e. The summed E-state index contributed by atoms with van der Waals surface area (Å²) in [5.41, 5.74) is 0.536. The molecule has 2 rings (SSSR count). The van der Waals surface area contributed by atoms with Crippen molar-refractivity contribution in [3.63, 3.8) is 0 Å². The standard InChI is InChI=1S/C11H15N5O/c1-7-12-6-5-8(13-7)9-14-10(17-16-9)15-11(2,3)4/h5-6H,1-4H3,(H,14,15,16). The predicted octanol–water partition coefficient (Wildman–Crippen LogP) is 2.05. The average Bonchev–Trinajstić information content (AvgIpc) is 2.63. The summed E-state index contributed by atoms with van der Waals surface area (Å²) in [6.45, 7) is 7.88. The summed E-state index contributed by atoms with van der Waals surface area (Å²) in [4.78, 5) is 12.5. The maximum absolute atomic E-state index is 5.10. The Morgan fingerprint density at radius 2 is 2.00 bits per heavy atom. The van der Waals surface area contributed by atoms with Gasteiger partial charge in [-0.05, 0) is 33.8 Å². The predicted molar refractivity (Wildman–Crippen MR) is 63.4 cm³/mol. The van der Waals surface area contributed by atoms with Crippen molar-refractivity contribution in [1.82, 2.24) is 20.1 Å². The minimum Gasteiger partial charge on any atom is -0.333 e. The first kappa shape index (κ1) is 11.5. The van der Waals surface area contributed by atoms with E-state index in [4.69, 9.17) is 4.52 Å². The summed E-state index contributed by atoms with van der Waals surface area (Å²) in [7, 11) is 0. The number of hydrogen-bond donors (Lipinski definition) is 1. The lowest BCUT2D eigenvalue weighted by molar-refractivity contribution is 0.420. The molecular weight excluding hydrogens is 218 g/mol. The van der Waals surface area contributed by atoms with Gasteiger partial charge in [-0.2, -0.15) is 4.98 Å². The Morgan fingerprint density at radius 3 is 2.65 bits per heavy atom. The second-order valence-corrected chi connectivity index (χ2v) is 4.79. The number of nitrogens with one attached hydrogen (secondary N) is 1. The first-order chi connectivity index (χ1) is 7.94. The lowest BCUT2D eigenvalue weighted by Gasteiger charge is -2.17. The smallest absolute Gasteiger partial charge is 0.322 e. The molecule has 2 heterocycles. The van der Waals surface area contributed by atoms with Crippen molar-refractivity contribution < 1.29 is 4.52 Å². The van der Waals surface area contributed by atoms with Gasteiger partial charge in [0.15, 0.2) is 0 Å². The second-order valence-electron chi connectivity index (χ2n) is 4.79. The van der Waals surface area contributed by atoms with Crippen LogP contribution < -0.4 is 5.32 Å². The molecule has 90 valence electrons. The molecule has 0 unspecified atom stereocenters. The van der Waals surface area contributed by atoms with Crippen LogP contribution in [-0.2, 0) is 0 Å². The number of aryl methyl sites for hydroxylation is 1. The van der Waals surface area contributed by atoms with Crippen molar-refractivity contribution in [2.75, 3.05) is 5.32 Å². The fourth-order valence-corrected chi connectivity index (χ4v) is 1.28. The molecule has 17 heavy (non-hydrogen) atoms. The van der Waals surface area contributed by atoms with Crippen LogP contribution in [0, 0.1) is 6.92 Å². The van der Waals surface area contributed by atoms with Gasteiger partial charge in [-0.1, -0.05) is 5.16 Å². The van der Waals surface area contributed by atoms with E-state index in [-0.39, 0.29) is 5.54 Å². The fraction of sp³-hybridized carbons (Fsp3) is 0.455. The van der Waals surface area contributed by atoms with E-state index < -0.39 is 0 Å². The first-order valence-electron chi connectivity index (χ1n) is 5.36. The van der Waals surface area contributed by atoms with Gasteiger partial charge in [0, 0.05) is 11.7 Å². The van der Waals surface area contributed by atoms with Gasteiger partial charge in [0.2, 0.25) is 5.82 Å². The van der Waals surface area contributed by atoms with Gasteiger partial charge in [0.05, 0.1) is 0 Å². The summed E-state index contributed by atoms with van der Waals surface area (Å²) in [5.74, 6) is 1.14. The average molecular weight is 233 g/mol. The Morgan fingerprint density at radius 1 is 1.24 bits per heavy atom. The van der Waals surface area contributed by atoms with E-state index in [1.165, 1.54) is 0 Å². The number of anilines is 1. The number of rotatable bonds is 2. The molecule has 0 aliphatic heterocycles. The molecule has 0 amide bonds. The zero-order chi connectivity index (χ0) is 12.5. The highest BCUT2D eigenvalue weighted by atomic mass is 16.5. The summed E-state index contributed by atoms with van der Waals surface area (Å²) in [6.07, 6.45) is 1.67. The lowest BCUT2D eigenvalue weighted by atomic mass is 10.1. The van der Waals surface area contributed by atoms with Gasteiger partial charge in [-0.25, -0.2) is 9.97 Å². The van der Waals surface area contributed by atoms with Crippen molar-refractivity contribution in [3.05, 3.63) is 18.1 Å². The maximum atomic E-state index is 5.10. The molecule has 0 spiro atoms. The van der Waals surface area contributed by atoms with Crippen LogP contribution in [0.15, 0.2) is 16.8 Å². The van der Waals surface area contributed by atoms with Crippen LogP contribution in [-0.4, -0.2) is 25.6 Å². The van der Waals surface area contributed by atoms with E-state index in [1.807, 2.05) is 27.7 Å². The molecule has 0 fully saturated rings. The molecule has 0 aliphatic carbocycles. The number of hydrogen-bond acceptors (Lipinski definition) is 6. The zero-order valence-corrected chi connectivity index (χ0v) is 10.4. The Hall–Kier alpha value is -1.98. The van der Waals surface area contributed by atoms with Gasteiger partial charge in [0.25, 0.3) is 0 Å². The van der Waals surface area contributed by atoms with Crippen LogP contribution in [0.1, 0.15) is 26.6 Å². The topological polar surface area (TPSA) is 76.7 Å². The van der Waals surface area contributed by atoms with Crippen LogP contribution in [0.2, 0.25) is 0 Å². The van der Waals surface area contributed by atoms with E-state index in [0.717, 1.165) is 0 Å². The van der Waals surface area contributed by atoms with Crippen molar-refractivity contribution in [2.45, 2.75) is 33.2 Å². The molecule has 0 saturated carbocycles. The Balaban J connectivity index is 2.24. The lowest BCUT2D eigenvalue weighted by Crippen LogP contribution is -2.26. The minimum atomic E-state index is -0.120. The normalized spacial score (nSPS) is 11.5. The third-order valence-electron chi connectivity index (χ3n) is 1.91. The largest absolute Gasteiger partial charge is 0.333 e. The summed E-state index contributed by atoms with van der Waals surface area (Å²) >= 11 is 0. The van der Waals surface area contributed by atoms with E-state index in [1.54, 1.807) is 12.3 Å². The summed E-state index contributed by atoms with van der Waals surface area (Å²) < 4.78 is 5.10. The van der Waals surface area contributed by atoms with Crippen molar-refractivity contribution in [2.24, 2.45) is 0 Å². The van der Waals surface area contributed by atoms with Crippen molar-refractivity contribution >= 4 is 6.01 Å². The number of nitrogens with zero attached hydrogens (tertiary/aromatic N) is 4. The molecule has 1 N–H and O–H groups in total. The van der Waals surface area contributed by atoms with Gasteiger partial charge in [-0.15, -0.1) is 0 Å². The van der Waals surface area contributed by atoms with Crippen LogP contribution in [0.5, 0.6) is 0 Å². The molecule has 0 aromatic carbocycles. The molecule has 0 atom stereocenters. The highest BCUT2D eigenvalue weighted by Gasteiger charge is 2.15. The van der Waals surface area contributed by atoms with Crippen LogP contribution >= 0.6 is 0 Å². The van der Waals surface area contributed by atoms with Crippen LogP contribution in [0.3, 0.4) is 0 Å². The quantitative estimate of drug-likeness (QED) is 0.855. The van der Waals surface area contributed by atoms with Gasteiger partial charge in [0.1, 0.15) is 11.5 Å². The van der Waals surface area contributed by atoms with E-state index >= 15 is 0 Å². The summed E-state index contributed by atoms with van der Waals surface area (Å²) in [6, 6.07) is 2.14. The SMILES string of the molecule is Cc1nccc(-c2noc(NC(C)(C)C)n2)n1. The van der Waals surface area contributed by atoms with Gasteiger partial charge >= 0.3 is 6.01 Å². The third kappa shape index (κ3) is 2.99. The summed E-state index contributed by atoms with van der Waals surface area (Å²) in [5, 5.41) is 6.98. The zero-order valence-electron chi connectivity index (χ0n) is 10.4. The van der Waals surface area contributed by atoms with Gasteiger partial charge in [-0.3, -0.25) is 0 Å². The number of aromatic nitrogens is 4. The molecule has 6 nitrogen and oxygen atoms in total. The molecule has 6 heteroatoms. The third-order valence-corrected chi connectivity index (χ3v) is 1.91. The molecule has 0 aliphatic rings. The minimum absolute atomic E-state index is 0.120. The van der Waals surface area contributed by atoms with Crippen molar-refractivity contribution in [1.29, 1.82) is 0 Å². The molecular formula is C11H15N5O. The molecule has 0 saturated heterocycles. The van der Waals surface area contributed by atoms with Crippen LogP contribution in [0.25, 0.3) is 11.5 Å². The molecule has 2 aromatic rings. The second kappa shape index (κ2) is 4.12. The molecule has 2 aromatic heterocycles. The van der Waals surface area contributed by atoms with Crippen molar-refractivity contribution in [3.8, 4) is 11.5 Å². The monoisotopic (exact) mass is 233 g/mol. The highest BCUT2D eigenvalue weighted by molar-refractivity contribution is 5.49. The molecule has 0 bridgehead atoms. The first-order valence-corrected chi connectivity index (χ1v) is 5.36. The highest BCUT2D eigenvalue weighted by Crippen LogP contribution is 2.17. The van der Waals surface area contributed by atoms with Gasteiger partial charge < -0.3 is 9.84 Å². The van der Waals surface area contributed by atoms with E-state index in [2.05, 4.69) is 25.4 Å². The molecule has 0 radical (unpaired) electrons. The van der Waals surface area contributed by atoms with E-state index in [0.29, 0.717) is 23.4 Å². The Bertz CT molecular complexity index is 515. The van der Waals surface area contributed by atoms with Crippen LogP contribution in [0.4, 0.5) is 6.01 Å². The fourth-order valence-electron chi connectivity index (χ4n) is 1.28. The Labute approximate surface area is 99.5 Å².